The minimum atomic E-state index is -3.82. The van der Waals surface area contributed by atoms with E-state index in [0.29, 0.717) is 0 Å². The highest BCUT2D eigenvalue weighted by molar-refractivity contribution is 7.87. The third-order valence-electron chi connectivity index (χ3n) is 2.44. The summed E-state index contributed by atoms with van der Waals surface area (Å²) in [4.78, 5) is 11.1. The summed E-state index contributed by atoms with van der Waals surface area (Å²) in [5.41, 5.74) is -1.54. The summed E-state index contributed by atoms with van der Waals surface area (Å²) < 4.78 is 32.7. The molecule has 100 valence electrons. The van der Waals surface area contributed by atoms with Crippen molar-refractivity contribution in [3.8, 4) is 0 Å². The van der Waals surface area contributed by atoms with Crippen molar-refractivity contribution >= 4 is 16.2 Å². The number of ether oxygens (including phenoxy) is 1. The highest BCUT2D eigenvalue weighted by Gasteiger charge is 2.45. The number of aliphatic carboxylic acids is 1. The number of carboxylic acids is 1. The van der Waals surface area contributed by atoms with Crippen molar-refractivity contribution in [2.75, 3.05) is 19.8 Å². The molecular formula is C9H18N2O5S. The van der Waals surface area contributed by atoms with Crippen molar-refractivity contribution in [3.63, 3.8) is 0 Å². The lowest BCUT2D eigenvalue weighted by atomic mass is 10.0. The van der Waals surface area contributed by atoms with Gasteiger partial charge < -0.3 is 9.84 Å². The van der Waals surface area contributed by atoms with E-state index in [9.17, 15) is 13.2 Å². The molecule has 0 amide bonds. The van der Waals surface area contributed by atoms with Crippen LogP contribution in [0.5, 0.6) is 0 Å². The molecule has 1 rings (SSSR count). The molecule has 0 radical (unpaired) electrons. The van der Waals surface area contributed by atoms with E-state index in [2.05, 4.69) is 9.44 Å². The van der Waals surface area contributed by atoms with Gasteiger partial charge in [-0.1, -0.05) is 13.8 Å². The Morgan fingerprint density at radius 2 is 2.18 bits per heavy atom. The molecule has 1 unspecified atom stereocenters. The Bertz CT molecular complexity index is 373. The molecule has 0 saturated carbocycles. The van der Waals surface area contributed by atoms with Crippen molar-refractivity contribution < 1.29 is 23.1 Å². The highest BCUT2D eigenvalue weighted by atomic mass is 32.2. The first-order valence-electron chi connectivity index (χ1n) is 5.37. The van der Waals surface area contributed by atoms with Crippen molar-refractivity contribution in [1.82, 2.24) is 9.44 Å². The molecule has 8 heteroatoms. The fourth-order valence-electron chi connectivity index (χ4n) is 1.43. The summed E-state index contributed by atoms with van der Waals surface area (Å²) in [6.07, 6.45) is 0.130. The first-order chi connectivity index (χ1) is 7.77. The minimum absolute atomic E-state index is 0.130. The van der Waals surface area contributed by atoms with E-state index in [1.807, 2.05) is 13.8 Å². The second kappa shape index (κ2) is 5.30. The molecule has 0 aromatic heterocycles. The molecule has 0 aliphatic carbocycles. The molecule has 1 atom stereocenters. The Balaban J connectivity index is 2.70. The summed E-state index contributed by atoms with van der Waals surface area (Å²) in [6.45, 7) is 4.05. The zero-order valence-electron chi connectivity index (χ0n) is 9.89. The van der Waals surface area contributed by atoms with Crippen LogP contribution in [-0.2, 0) is 19.7 Å². The van der Waals surface area contributed by atoms with Crippen LogP contribution in [0.15, 0.2) is 0 Å². The average Bonchev–Trinajstić information content (AvgIpc) is 2.64. The van der Waals surface area contributed by atoms with Crippen LogP contribution in [0, 0.1) is 5.92 Å². The Hall–Kier alpha value is -0.700. The summed E-state index contributed by atoms with van der Waals surface area (Å²) >= 11 is 0. The molecule has 1 aliphatic rings. The van der Waals surface area contributed by atoms with Gasteiger partial charge >= 0.3 is 5.97 Å². The first-order valence-corrected chi connectivity index (χ1v) is 6.85. The number of nitrogens with one attached hydrogen (secondary N) is 2. The molecule has 7 nitrogen and oxygen atoms in total. The van der Waals surface area contributed by atoms with Gasteiger partial charge in [-0.3, -0.25) is 4.79 Å². The van der Waals surface area contributed by atoms with E-state index >= 15 is 0 Å². The van der Waals surface area contributed by atoms with Gasteiger partial charge in [0, 0.05) is 19.6 Å². The standard InChI is InChI=1S/C9H18N2O5S/c1-7(2)5-10-17(14,15)11-9(8(12)13)3-4-16-6-9/h7,10-11H,3-6H2,1-2H3,(H,12,13). The molecule has 1 fully saturated rings. The number of hydrogen-bond donors (Lipinski definition) is 3. The van der Waals surface area contributed by atoms with Gasteiger partial charge in [0.25, 0.3) is 10.2 Å². The van der Waals surface area contributed by atoms with Gasteiger partial charge in [-0.25, -0.2) is 4.72 Å². The number of carboxylic acid groups (broad SMARTS) is 1. The topological polar surface area (TPSA) is 105 Å². The SMILES string of the molecule is CC(C)CNS(=O)(=O)NC1(C(=O)O)CCOC1. The maximum absolute atomic E-state index is 11.7. The van der Waals surface area contributed by atoms with Crippen LogP contribution in [0.4, 0.5) is 0 Å². The molecular weight excluding hydrogens is 248 g/mol. The van der Waals surface area contributed by atoms with Gasteiger partial charge in [0.05, 0.1) is 6.61 Å². The van der Waals surface area contributed by atoms with Crippen molar-refractivity contribution in [3.05, 3.63) is 0 Å². The third-order valence-corrected chi connectivity index (χ3v) is 3.65. The third kappa shape index (κ3) is 3.91. The van der Waals surface area contributed by atoms with E-state index in [1.54, 1.807) is 0 Å². The molecule has 0 aromatic carbocycles. The number of rotatable bonds is 6. The molecule has 0 bridgehead atoms. The van der Waals surface area contributed by atoms with Gasteiger partial charge in [0.15, 0.2) is 5.54 Å². The first kappa shape index (κ1) is 14.4. The summed E-state index contributed by atoms with van der Waals surface area (Å²) in [7, 11) is -3.82. The Morgan fingerprint density at radius 3 is 2.59 bits per heavy atom. The Kier molecular flexibility index (Phi) is 4.48. The van der Waals surface area contributed by atoms with E-state index < -0.39 is 21.7 Å². The van der Waals surface area contributed by atoms with E-state index in [1.165, 1.54) is 0 Å². The van der Waals surface area contributed by atoms with Crippen LogP contribution in [0.3, 0.4) is 0 Å². The van der Waals surface area contributed by atoms with Crippen LogP contribution < -0.4 is 9.44 Å². The summed E-state index contributed by atoms with van der Waals surface area (Å²) in [5, 5.41) is 9.07. The molecule has 17 heavy (non-hydrogen) atoms. The second-order valence-electron chi connectivity index (χ2n) is 4.54. The fraction of sp³-hybridized carbons (Fsp3) is 0.889. The fourth-order valence-corrected chi connectivity index (χ4v) is 2.82. The van der Waals surface area contributed by atoms with Crippen LogP contribution in [0.1, 0.15) is 20.3 Å². The maximum atomic E-state index is 11.7. The van der Waals surface area contributed by atoms with E-state index in [0.717, 1.165) is 0 Å². The predicted octanol–water partition coefficient (Wildman–Crippen LogP) is -0.690. The normalized spacial score (nSPS) is 25.4. The largest absolute Gasteiger partial charge is 0.480 e. The monoisotopic (exact) mass is 266 g/mol. The molecule has 1 aliphatic heterocycles. The summed E-state index contributed by atoms with van der Waals surface area (Å²) in [6, 6.07) is 0. The number of carbonyl (C=O) groups is 1. The molecule has 1 saturated heterocycles. The highest BCUT2D eigenvalue weighted by Crippen LogP contribution is 2.19. The lowest BCUT2D eigenvalue weighted by Crippen LogP contribution is -2.58. The minimum Gasteiger partial charge on any atom is -0.480 e. The maximum Gasteiger partial charge on any atom is 0.327 e. The molecule has 1 heterocycles. The smallest absolute Gasteiger partial charge is 0.327 e. The van der Waals surface area contributed by atoms with Gasteiger partial charge in [-0.2, -0.15) is 13.1 Å². The van der Waals surface area contributed by atoms with E-state index in [-0.39, 0.29) is 32.1 Å². The lowest BCUT2D eigenvalue weighted by Gasteiger charge is -2.23. The Morgan fingerprint density at radius 1 is 1.53 bits per heavy atom. The van der Waals surface area contributed by atoms with Crippen molar-refractivity contribution in [1.29, 1.82) is 0 Å². The second-order valence-corrected chi connectivity index (χ2v) is 6.04. The van der Waals surface area contributed by atoms with Crippen molar-refractivity contribution in [2.24, 2.45) is 5.92 Å². The number of hydrogen-bond acceptors (Lipinski definition) is 4. The van der Waals surface area contributed by atoms with Crippen molar-refractivity contribution in [2.45, 2.75) is 25.8 Å². The zero-order chi connectivity index (χ0) is 13.1. The molecule has 3 N–H and O–H groups in total. The van der Waals surface area contributed by atoms with Crippen LogP contribution in [0.25, 0.3) is 0 Å². The zero-order valence-corrected chi connectivity index (χ0v) is 10.7. The average molecular weight is 266 g/mol. The molecule has 0 aromatic rings. The van der Waals surface area contributed by atoms with E-state index in [4.69, 9.17) is 9.84 Å². The van der Waals surface area contributed by atoms with Crippen LogP contribution in [-0.4, -0.2) is 44.8 Å². The molecule has 0 spiro atoms. The lowest BCUT2D eigenvalue weighted by molar-refractivity contribution is -0.144. The van der Waals surface area contributed by atoms with Gasteiger partial charge in [0.1, 0.15) is 0 Å². The van der Waals surface area contributed by atoms with Crippen LogP contribution in [0.2, 0.25) is 0 Å². The van der Waals surface area contributed by atoms with Gasteiger partial charge in [-0.15, -0.1) is 0 Å². The van der Waals surface area contributed by atoms with Crippen LogP contribution >= 0.6 is 0 Å². The van der Waals surface area contributed by atoms with Gasteiger partial charge in [-0.05, 0) is 5.92 Å². The quantitative estimate of drug-likeness (QED) is 0.590. The predicted molar refractivity (Wildman–Crippen MR) is 60.7 cm³/mol. The van der Waals surface area contributed by atoms with Gasteiger partial charge in [0.2, 0.25) is 0 Å². The summed E-state index contributed by atoms with van der Waals surface area (Å²) in [5.74, 6) is -1.07. The Labute approximate surface area is 101 Å².